The van der Waals surface area contributed by atoms with E-state index in [0.717, 1.165) is 29.8 Å². The van der Waals surface area contributed by atoms with E-state index in [1.54, 1.807) is 25.4 Å². The summed E-state index contributed by atoms with van der Waals surface area (Å²) in [7, 11) is 0. The number of rotatable bonds is 4. The molecule has 1 spiro atoms. The lowest BCUT2D eigenvalue weighted by molar-refractivity contribution is 0.0517. The molecule has 2 heterocycles. The SMILES string of the molecule is CCOC(=O)c1ncn2c1C1(CC1)N=C(c1ccccc1F)c1cc(C3CC3)ccc1-2. The molecule has 31 heavy (non-hydrogen) atoms. The Labute approximate surface area is 179 Å². The highest BCUT2D eigenvalue weighted by atomic mass is 19.1. The highest BCUT2D eigenvalue weighted by Crippen LogP contribution is 2.53. The van der Waals surface area contributed by atoms with Gasteiger partial charge >= 0.3 is 5.97 Å². The summed E-state index contributed by atoms with van der Waals surface area (Å²) in [4.78, 5) is 22.2. The van der Waals surface area contributed by atoms with Gasteiger partial charge in [-0.2, -0.15) is 0 Å². The molecular formula is C25H22FN3O2. The molecule has 2 fully saturated rings. The third kappa shape index (κ3) is 2.85. The zero-order chi connectivity index (χ0) is 21.2. The number of hydrogen-bond acceptors (Lipinski definition) is 4. The molecule has 0 amide bonds. The zero-order valence-corrected chi connectivity index (χ0v) is 17.3. The van der Waals surface area contributed by atoms with Crippen molar-refractivity contribution in [2.45, 2.75) is 44.1 Å². The molecule has 3 aromatic rings. The van der Waals surface area contributed by atoms with Gasteiger partial charge in [-0.25, -0.2) is 14.2 Å². The Balaban J connectivity index is 1.63. The van der Waals surface area contributed by atoms with E-state index in [1.165, 1.54) is 24.5 Å². The molecule has 0 unspecified atom stereocenters. The van der Waals surface area contributed by atoms with Crippen LogP contribution in [0.5, 0.6) is 0 Å². The summed E-state index contributed by atoms with van der Waals surface area (Å²) in [5, 5.41) is 0. The second-order valence-corrected chi connectivity index (χ2v) is 8.55. The minimum atomic E-state index is -0.588. The van der Waals surface area contributed by atoms with E-state index in [4.69, 9.17) is 9.73 Å². The first-order valence-electron chi connectivity index (χ1n) is 10.9. The van der Waals surface area contributed by atoms with E-state index in [0.29, 0.717) is 22.9 Å². The average Bonchev–Trinajstić information content (AvgIpc) is 3.71. The van der Waals surface area contributed by atoms with E-state index in [-0.39, 0.29) is 12.4 Å². The molecule has 2 aliphatic carbocycles. The standard InChI is InChI=1S/C25H22FN3O2/c1-2-31-24(30)22-23-25(11-12-25)28-21(17-5-3-4-6-19(17)26)18-13-16(15-7-8-15)9-10-20(18)29(23)14-27-22/h3-6,9-10,13-15H,2,7-8,11-12H2,1H3. The number of aromatic nitrogens is 2. The number of ether oxygens (including phenoxy) is 1. The third-order valence-electron chi connectivity index (χ3n) is 6.44. The van der Waals surface area contributed by atoms with Gasteiger partial charge in [0, 0.05) is 11.1 Å². The van der Waals surface area contributed by atoms with Gasteiger partial charge in [-0.05, 0) is 68.4 Å². The molecule has 6 heteroatoms. The number of carbonyl (C=O) groups excluding carboxylic acids is 1. The molecule has 0 saturated heterocycles. The van der Waals surface area contributed by atoms with Gasteiger partial charge in [0.15, 0.2) is 5.69 Å². The fraction of sp³-hybridized carbons (Fsp3) is 0.320. The number of aliphatic imine (C=N–C) groups is 1. The van der Waals surface area contributed by atoms with E-state index in [2.05, 4.69) is 23.2 Å². The fourth-order valence-corrected chi connectivity index (χ4v) is 4.60. The number of benzene rings is 2. The Hall–Kier alpha value is -3.28. The van der Waals surface area contributed by atoms with Crippen LogP contribution in [0.25, 0.3) is 5.69 Å². The van der Waals surface area contributed by atoms with Crippen molar-refractivity contribution in [1.82, 2.24) is 9.55 Å². The maximum atomic E-state index is 14.9. The second-order valence-electron chi connectivity index (χ2n) is 8.55. The normalized spacial score (nSPS) is 18.1. The molecule has 2 saturated carbocycles. The van der Waals surface area contributed by atoms with Crippen LogP contribution < -0.4 is 0 Å². The van der Waals surface area contributed by atoms with Crippen LogP contribution in [0.4, 0.5) is 4.39 Å². The van der Waals surface area contributed by atoms with Crippen molar-refractivity contribution in [3.63, 3.8) is 0 Å². The van der Waals surface area contributed by atoms with Crippen molar-refractivity contribution in [1.29, 1.82) is 0 Å². The van der Waals surface area contributed by atoms with Gasteiger partial charge in [0.1, 0.15) is 17.7 Å². The minimum absolute atomic E-state index is 0.281. The van der Waals surface area contributed by atoms with Gasteiger partial charge in [0.25, 0.3) is 0 Å². The predicted octanol–water partition coefficient (Wildman–Crippen LogP) is 4.91. The van der Waals surface area contributed by atoms with Crippen LogP contribution in [0.3, 0.4) is 0 Å². The van der Waals surface area contributed by atoms with Crippen LogP contribution in [0.1, 0.15) is 71.4 Å². The smallest absolute Gasteiger partial charge is 0.358 e. The lowest BCUT2D eigenvalue weighted by atomic mass is 9.96. The Kier molecular flexibility index (Phi) is 3.94. The lowest BCUT2D eigenvalue weighted by Gasteiger charge is -2.14. The van der Waals surface area contributed by atoms with Crippen LogP contribution in [0, 0.1) is 5.82 Å². The number of hydrogen-bond donors (Lipinski definition) is 0. The number of imidazole rings is 1. The van der Waals surface area contributed by atoms with Crippen LogP contribution in [-0.4, -0.2) is 27.8 Å². The molecule has 6 rings (SSSR count). The van der Waals surface area contributed by atoms with Crippen molar-refractivity contribution in [2.75, 3.05) is 6.61 Å². The monoisotopic (exact) mass is 415 g/mol. The molecule has 156 valence electrons. The van der Waals surface area contributed by atoms with Crippen LogP contribution in [0.2, 0.25) is 0 Å². The Morgan fingerprint density at radius 2 is 2.00 bits per heavy atom. The summed E-state index contributed by atoms with van der Waals surface area (Å²) in [6, 6.07) is 13.1. The summed E-state index contributed by atoms with van der Waals surface area (Å²) in [5.41, 5.74) is 4.59. The van der Waals surface area contributed by atoms with E-state index in [9.17, 15) is 9.18 Å². The number of halogens is 1. The molecule has 0 radical (unpaired) electrons. The topological polar surface area (TPSA) is 56.5 Å². The zero-order valence-electron chi connectivity index (χ0n) is 17.3. The van der Waals surface area contributed by atoms with Gasteiger partial charge in [0.05, 0.1) is 23.7 Å². The average molecular weight is 415 g/mol. The minimum Gasteiger partial charge on any atom is -0.461 e. The number of nitrogens with zero attached hydrogens (tertiary/aromatic N) is 3. The quantitative estimate of drug-likeness (QED) is 0.569. The summed E-state index contributed by atoms with van der Waals surface area (Å²) < 4.78 is 22.2. The summed E-state index contributed by atoms with van der Waals surface area (Å²) in [5.74, 6) is -0.180. The molecule has 1 aliphatic heterocycles. The Bertz CT molecular complexity index is 1250. The molecule has 0 atom stereocenters. The molecule has 0 N–H and O–H groups in total. The highest BCUT2D eigenvalue weighted by molar-refractivity contribution is 6.16. The molecular weight excluding hydrogens is 393 g/mol. The fourth-order valence-electron chi connectivity index (χ4n) is 4.60. The maximum Gasteiger partial charge on any atom is 0.358 e. The van der Waals surface area contributed by atoms with Gasteiger partial charge in [0.2, 0.25) is 0 Å². The lowest BCUT2D eigenvalue weighted by Crippen LogP contribution is -2.16. The number of carbonyl (C=O) groups is 1. The van der Waals surface area contributed by atoms with E-state index in [1.807, 2.05) is 10.6 Å². The third-order valence-corrected chi connectivity index (χ3v) is 6.44. The van der Waals surface area contributed by atoms with Gasteiger partial charge in [-0.1, -0.05) is 18.2 Å². The molecule has 3 aliphatic rings. The first-order chi connectivity index (χ1) is 15.1. The summed E-state index contributed by atoms with van der Waals surface area (Å²) in [6.45, 7) is 2.06. The van der Waals surface area contributed by atoms with Gasteiger partial charge < -0.3 is 4.74 Å². The first kappa shape index (κ1) is 18.5. The molecule has 5 nitrogen and oxygen atoms in total. The summed E-state index contributed by atoms with van der Waals surface area (Å²) >= 11 is 0. The van der Waals surface area contributed by atoms with E-state index >= 15 is 0 Å². The van der Waals surface area contributed by atoms with Crippen molar-refractivity contribution < 1.29 is 13.9 Å². The van der Waals surface area contributed by atoms with Gasteiger partial charge in [-0.15, -0.1) is 0 Å². The number of esters is 1. The second kappa shape index (κ2) is 6.61. The van der Waals surface area contributed by atoms with Gasteiger partial charge in [-0.3, -0.25) is 9.56 Å². The molecule has 0 bridgehead atoms. The molecule has 1 aromatic heterocycles. The maximum absolute atomic E-state index is 14.9. The summed E-state index contributed by atoms with van der Waals surface area (Å²) in [6.07, 6.45) is 5.60. The van der Waals surface area contributed by atoms with Crippen LogP contribution in [0.15, 0.2) is 53.8 Å². The Morgan fingerprint density at radius 1 is 1.19 bits per heavy atom. The van der Waals surface area contributed by atoms with E-state index < -0.39 is 11.5 Å². The van der Waals surface area contributed by atoms with Crippen molar-refractivity contribution in [2.24, 2.45) is 4.99 Å². The highest BCUT2D eigenvalue weighted by Gasteiger charge is 2.52. The predicted molar refractivity (Wildman–Crippen MR) is 114 cm³/mol. The van der Waals surface area contributed by atoms with Crippen LogP contribution in [-0.2, 0) is 10.3 Å². The van der Waals surface area contributed by atoms with Crippen molar-refractivity contribution in [3.05, 3.63) is 82.7 Å². The largest absolute Gasteiger partial charge is 0.461 e. The first-order valence-corrected chi connectivity index (χ1v) is 10.9. The van der Waals surface area contributed by atoms with Crippen LogP contribution >= 0.6 is 0 Å². The van der Waals surface area contributed by atoms with Crippen molar-refractivity contribution in [3.8, 4) is 5.69 Å². The van der Waals surface area contributed by atoms with Crippen molar-refractivity contribution >= 4 is 11.7 Å². The number of fused-ring (bicyclic) bond motifs is 4. The molecule has 2 aromatic carbocycles. The Morgan fingerprint density at radius 3 is 2.71 bits per heavy atom.